The standard InChI is InChI=1S/C23H37N3O4/c1-9-14-26(21(28)17(5)25-22(29)30-23(6,7)8)19(20(27)24-15(2)3)18-12-10-16(4)11-13-18/h10-13,15,17,19H,9,14H2,1-8H3,(H,24,27)(H,25,29). The first-order valence-corrected chi connectivity index (χ1v) is 10.5. The van der Waals surface area contributed by atoms with Gasteiger partial charge in [-0.2, -0.15) is 0 Å². The Bertz CT molecular complexity index is 723. The molecular weight excluding hydrogens is 382 g/mol. The average Bonchev–Trinajstić information content (AvgIpc) is 2.59. The zero-order valence-electron chi connectivity index (χ0n) is 19.5. The van der Waals surface area contributed by atoms with Gasteiger partial charge in [0.05, 0.1) is 0 Å². The van der Waals surface area contributed by atoms with Crippen molar-refractivity contribution in [3.63, 3.8) is 0 Å². The van der Waals surface area contributed by atoms with Crippen LogP contribution in [0.1, 0.15) is 72.1 Å². The Labute approximate surface area is 180 Å². The average molecular weight is 420 g/mol. The molecule has 30 heavy (non-hydrogen) atoms. The van der Waals surface area contributed by atoms with Crippen LogP contribution >= 0.6 is 0 Å². The highest BCUT2D eigenvalue weighted by atomic mass is 16.6. The van der Waals surface area contributed by atoms with Gasteiger partial charge in [0.2, 0.25) is 11.8 Å². The Hall–Kier alpha value is -2.57. The van der Waals surface area contributed by atoms with E-state index in [0.29, 0.717) is 13.0 Å². The van der Waals surface area contributed by atoms with Crippen molar-refractivity contribution in [2.75, 3.05) is 6.54 Å². The molecule has 168 valence electrons. The highest BCUT2D eigenvalue weighted by molar-refractivity contribution is 5.92. The topological polar surface area (TPSA) is 87.7 Å². The van der Waals surface area contributed by atoms with Crippen LogP contribution in [0.4, 0.5) is 4.79 Å². The largest absolute Gasteiger partial charge is 0.444 e. The van der Waals surface area contributed by atoms with Crippen molar-refractivity contribution in [3.8, 4) is 0 Å². The maximum atomic E-state index is 13.3. The molecule has 0 aliphatic carbocycles. The van der Waals surface area contributed by atoms with Crippen molar-refractivity contribution in [1.82, 2.24) is 15.5 Å². The monoisotopic (exact) mass is 419 g/mol. The summed E-state index contributed by atoms with van der Waals surface area (Å²) in [7, 11) is 0. The zero-order valence-corrected chi connectivity index (χ0v) is 19.5. The molecule has 2 atom stereocenters. The molecule has 7 nitrogen and oxygen atoms in total. The van der Waals surface area contributed by atoms with Gasteiger partial charge in [0, 0.05) is 12.6 Å². The van der Waals surface area contributed by atoms with Crippen molar-refractivity contribution >= 4 is 17.9 Å². The molecule has 0 bridgehead atoms. The van der Waals surface area contributed by atoms with E-state index in [-0.39, 0.29) is 17.9 Å². The molecule has 0 aromatic heterocycles. The van der Waals surface area contributed by atoms with Crippen LogP contribution in [0.5, 0.6) is 0 Å². The van der Waals surface area contributed by atoms with E-state index < -0.39 is 23.8 Å². The first-order valence-electron chi connectivity index (χ1n) is 10.5. The second-order valence-corrected chi connectivity index (χ2v) is 8.88. The molecule has 0 spiro atoms. The molecule has 1 aromatic rings. The number of amides is 3. The summed E-state index contributed by atoms with van der Waals surface area (Å²) in [6.07, 6.45) is 0.000641. The minimum Gasteiger partial charge on any atom is -0.444 e. The van der Waals surface area contributed by atoms with E-state index in [1.807, 2.05) is 52.0 Å². The number of ether oxygens (including phenoxy) is 1. The second-order valence-electron chi connectivity index (χ2n) is 8.88. The zero-order chi connectivity index (χ0) is 23.1. The van der Waals surface area contributed by atoms with Gasteiger partial charge in [0.25, 0.3) is 0 Å². The Morgan fingerprint density at radius 1 is 1.03 bits per heavy atom. The Morgan fingerprint density at radius 2 is 1.60 bits per heavy atom. The quantitative estimate of drug-likeness (QED) is 0.672. The predicted molar refractivity (Wildman–Crippen MR) is 118 cm³/mol. The lowest BCUT2D eigenvalue weighted by Crippen LogP contribution is -2.52. The van der Waals surface area contributed by atoms with Gasteiger partial charge >= 0.3 is 6.09 Å². The fraction of sp³-hybridized carbons (Fsp3) is 0.609. The molecule has 2 N–H and O–H groups in total. The summed E-state index contributed by atoms with van der Waals surface area (Å²) in [5.41, 5.74) is 1.12. The predicted octanol–water partition coefficient (Wildman–Crippen LogP) is 3.71. The van der Waals surface area contributed by atoms with Gasteiger partial charge in [-0.15, -0.1) is 0 Å². The van der Waals surface area contributed by atoms with E-state index >= 15 is 0 Å². The molecular formula is C23H37N3O4. The number of benzene rings is 1. The summed E-state index contributed by atoms with van der Waals surface area (Å²) in [5, 5.41) is 5.50. The summed E-state index contributed by atoms with van der Waals surface area (Å²) in [4.78, 5) is 40.0. The number of alkyl carbamates (subject to hydrolysis) is 1. The summed E-state index contributed by atoms with van der Waals surface area (Å²) < 4.78 is 5.26. The third kappa shape index (κ3) is 8.05. The minimum absolute atomic E-state index is 0.0682. The third-order valence-electron chi connectivity index (χ3n) is 4.24. The Balaban J connectivity index is 3.19. The lowest BCUT2D eigenvalue weighted by molar-refractivity contribution is -0.142. The molecule has 1 rings (SSSR count). The van der Waals surface area contributed by atoms with Gasteiger partial charge in [-0.1, -0.05) is 36.8 Å². The van der Waals surface area contributed by atoms with Crippen molar-refractivity contribution < 1.29 is 19.1 Å². The number of rotatable bonds is 8. The van der Waals surface area contributed by atoms with Crippen LogP contribution in [-0.2, 0) is 14.3 Å². The van der Waals surface area contributed by atoms with Gasteiger partial charge in [0.15, 0.2) is 0 Å². The van der Waals surface area contributed by atoms with Gasteiger partial charge in [0.1, 0.15) is 17.7 Å². The fourth-order valence-electron chi connectivity index (χ4n) is 2.99. The van der Waals surface area contributed by atoms with Crippen LogP contribution in [0.2, 0.25) is 0 Å². The van der Waals surface area contributed by atoms with Crippen molar-refractivity contribution in [3.05, 3.63) is 35.4 Å². The number of nitrogens with one attached hydrogen (secondary N) is 2. The first-order chi connectivity index (χ1) is 13.9. The van der Waals surface area contributed by atoms with E-state index in [9.17, 15) is 14.4 Å². The molecule has 0 radical (unpaired) electrons. The van der Waals surface area contributed by atoms with Crippen LogP contribution in [0.3, 0.4) is 0 Å². The number of carbonyl (C=O) groups is 3. The van der Waals surface area contributed by atoms with Crippen LogP contribution in [0.15, 0.2) is 24.3 Å². The smallest absolute Gasteiger partial charge is 0.408 e. The fourth-order valence-corrected chi connectivity index (χ4v) is 2.99. The Kier molecular flexibility index (Phi) is 9.33. The molecule has 1 aromatic carbocycles. The molecule has 0 saturated carbocycles. The molecule has 0 aliphatic rings. The van der Waals surface area contributed by atoms with E-state index in [4.69, 9.17) is 4.74 Å². The highest BCUT2D eigenvalue weighted by Crippen LogP contribution is 2.23. The Morgan fingerprint density at radius 3 is 2.07 bits per heavy atom. The van der Waals surface area contributed by atoms with E-state index in [1.54, 1.807) is 27.7 Å². The summed E-state index contributed by atoms with van der Waals surface area (Å²) >= 11 is 0. The minimum atomic E-state index is -0.841. The van der Waals surface area contributed by atoms with Crippen LogP contribution in [0, 0.1) is 6.92 Å². The molecule has 0 saturated heterocycles. The van der Waals surface area contributed by atoms with Crippen LogP contribution < -0.4 is 10.6 Å². The normalized spacial score (nSPS) is 13.4. The number of aryl methyl sites for hydroxylation is 1. The molecule has 0 fully saturated rings. The molecule has 3 amide bonds. The van der Waals surface area contributed by atoms with Crippen molar-refractivity contribution in [1.29, 1.82) is 0 Å². The van der Waals surface area contributed by atoms with Crippen LogP contribution in [-0.4, -0.2) is 47.0 Å². The molecule has 0 heterocycles. The summed E-state index contributed by atoms with van der Waals surface area (Å²) in [6, 6.07) is 5.86. The van der Waals surface area contributed by atoms with Crippen molar-refractivity contribution in [2.24, 2.45) is 0 Å². The van der Waals surface area contributed by atoms with E-state index in [0.717, 1.165) is 11.1 Å². The lowest BCUT2D eigenvalue weighted by atomic mass is 10.0. The number of hydrogen-bond donors (Lipinski definition) is 2. The van der Waals surface area contributed by atoms with Crippen LogP contribution in [0.25, 0.3) is 0 Å². The maximum absolute atomic E-state index is 13.3. The second kappa shape index (κ2) is 11.0. The number of hydrogen-bond acceptors (Lipinski definition) is 4. The number of nitrogens with zero attached hydrogens (tertiary/aromatic N) is 1. The molecule has 2 unspecified atom stereocenters. The summed E-state index contributed by atoms with van der Waals surface area (Å²) in [6.45, 7) is 14.9. The van der Waals surface area contributed by atoms with Gasteiger partial charge in [-0.25, -0.2) is 4.79 Å². The van der Waals surface area contributed by atoms with Crippen molar-refractivity contribution in [2.45, 2.75) is 85.5 Å². The van der Waals surface area contributed by atoms with Gasteiger partial charge in [-0.3, -0.25) is 9.59 Å². The SMILES string of the molecule is CCCN(C(=O)C(C)NC(=O)OC(C)(C)C)C(C(=O)NC(C)C)c1ccc(C)cc1. The lowest BCUT2D eigenvalue weighted by Gasteiger charge is -2.34. The number of carbonyl (C=O) groups excluding carboxylic acids is 3. The maximum Gasteiger partial charge on any atom is 0.408 e. The molecule has 0 aliphatic heterocycles. The first kappa shape index (κ1) is 25.5. The van der Waals surface area contributed by atoms with E-state index in [1.165, 1.54) is 4.90 Å². The highest BCUT2D eigenvalue weighted by Gasteiger charge is 2.34. The third-order valence-corrected chi connectivity index (χ3v) is 4.24. The van der Waals surface area contributed by atoms with Gasteiger partial charge in [-0.05, 0) is 60.5 Å². The van der Waals surface area contributed by atoms with E-state index in [2.05, 4.69) is 10.6 Å². The molecule has 7 heteroatoms. The summed E-state index contributed by atoms with van der Waals surface area (Å²) in [5.74, 6) is -0.590. The van der Waals surface area contributed by atoms with Gasteiger partial charge < -0.3 is 20.3 Å².